The molecule has 0 aliphatic carbocycles. The summed E-state index contributed by atoms with van der Waals surface area (Å²) < 4.78 is 27.7. The van der Waals surface area contributed by atoms with Gasteiger partial charge in [-0.1, -0.05) is 18.2 Å². The first-order valence-corrected chi connectivity index (χ1v) is 9.54. The van der Waals surface area contributed by atoms with Crippen LogP contribution in [0.15, 0.2) is 46.0 Å². The van der Waals surface area contributed by atoms with Crippen LogP contribution >= 0.6 is 11.3 Å². The predicted octanol–water partition coefficient (Wildman–Crippen LogP) is 3.11. The van der Waals surface area contributed by atoms with Crippen LogP contribution in [-0.4, -0.2) is 14.0 Å². The summed E-state index contributed by atoms with van der Waals surface area (Å²) in [6.07, 6.45) is 0. The Morgan fingerprint density at radius 2 is 1.82 bits per heavy atom. The molecule has 0 fully saturated rings. The van der Waals surface area contributed by atoms with Crippen molar-refractivity contribution in [1.29, 1.82) is 0 Å². The molecule has 0 aliphatic heterocycles. The molecule has 0 atom stereocenters. The molecule has 6 heteroatoms. The maximum absolute atomic E-state index is 12.5. The van der Waals surface area contributed by atoms with Gasteiger partial charge in [-0.15, -0.1) is 0 Å². The molecule has 4 nitrogen and oxygen atoms in total. The molecule has 0 unspecified atom stereocenters. The lowest BCUT2D eigenvalue weighted by molar-refractivity contribution is 0.490. The van der Waals surface area contributed by atoms with Gasteiger partial charge in [0.15, 0.2) is 0 Å². The van der Waals surface area contributed by atoms with E-state index >= 15 is 0 Å². The highest BCUT2D eigenvalue weighted by molar-refractivity contribution is 7.89. The van der Waals surface area contributed by atoms with Crippen molar-refractivity contribution in [3.8, 4) is 0 Å². The number of benzene rings is 1. The average molecular weight is 338 g/mol. The molecule has 22 heavy (non-hydrogen) atoms. The zero-order valence-corrected chi connectivity index (χ0v) is 14.7. The second-order valence-electron chi connectivity index (χ2n) is 6.20. The van der Waals surface area contributed by atoms with Crippen molar-refractivity contribution in [3.05, 3.63) is 52.2 Å². The van der Waals surface area contributed by atoms with Gasteiger partial charge in [0, 0.05) is 18.6 Å². The molecule has 120 valence electrons. The first-order valence-electron chi connectivity index (χ1n) is 7.12. The Morgan fingerprint density at radius 1 is 1.09 bits per heavy atom. The Labute approximate surface area is 136 Å². The molecule has 0 radical (unpaired) electrons. The fourth-order valence-electron chi connectivity index (χ4n) is 2.10. The van der Waals surface area contributed by atoms with E-state index in [1.54, 1.807) is 23.5 Å². The number of thiophene rings is 1. The molecular formula is C16H22N2O2S2. The summed E-state index contributed by atoms with van der Waals surface area (Å²) in [6.45, 7) is 6.74. The van der Waals surface area contributed by atoms with Crippen LogP contribution < -0.4 is 10.0 Å². The molecule has 1 heterocycles. The van der Waals surface area contributed by atoms with Crippen LogP contribution in [0.5, 0.6) is 0 Å². The van der Waals surface area contributed by atoms with Gasteiger partial charge >= 0.3 is 0 Å². The lowest BCUT2D eigenvalue weighted by Crippen LogP contribution is -2.40. The highest BCUT2D eigenvalue weighted by atomic mass is 32.2. The minimum absolute atomic E-state index is 0.336. The molecule has 0 aliphatic rings. The lowest BCUT2D eigenvalue weighted by Gasteiger charge is -2.21. The second kappa shape index (κ2) is 6.91. The molecule has 2 N–H and O–H groups in total. The zero-order valence-electron chi connectivity index (χ0n) is 13.1. The molecule has 0 spiro atoms. The van der Waals surface area contributed by atoms with Gasteiger partial charge in [0.25, 0.3) is 0 Å². The summed E-state index contributed by atoms with van der Waals surface area (Å²) in [6, 6.07) is 9.16. The van der Waals surface area contributed by atoms with Crippen molar-refractivity contribution < 1.29 is 8.42 Å². The third-order valence-corrected chi connectivity index (χ3v) is 5.52. The van der Waals surface area contributed by atoms with Crippen LogP contribution in [0.1, 0.15) is 31.9 Å². The Kier molecular flexibility index (Phi) is 5.39. The normalized spacial score (nSPS) is 12.5. The molecule has 0 saturated heterocycles. The Bertz CT molecular complexity index is 702. The molecule has 2 rings (SSSR count). The maximum atomic E-state index is 12.5. The number of nitrogens with one attached hydrogen (secondary N) is 2. The van der Waals surface area contributed by atoms with Crippen molar-refractivity contribution in [3.63, 3.8) is 0 Å². The van der Waals surface area contributed by atoms with Gasteiger partial charge in [0.1, 0.15) is 0 Å². The van der Waals surface area contributed by atoms with Gasteiger partial charge in [-0.2, -0.15) is 11.3 Å². The summed E-state index contributed by atoms with van der Waals surface area (Å²) >= 11 is 1.65. The van der Waals surface area contributed by atoms with Crippen LogP contribution in [0, 0.1) is 0 Å². The van der Waals surface area contributed by atoms with E-state index in [1.807, 2.05) is 38.3 Å². The van der Waals surface area contributed by atoms with Crippen molar-refractivity contribution in [2.45, 2.75) is 44.3 Å². The van der Waals surface area contributed by atoms with Crippen molar-refractivity contribution in [2.75, 3.05) is 0 Å². The lowest BCUT2D eigenvalue weighted by atomic mass is 10.1. The SMILES string of the molecule is CC(C)(C)NS(=O)(=O)c1ccccc1CNCc1ccsc1. The minimum Gasteiger partial charge on any atom is -0.309 e. The average Bonchev–Trinajstić information content (AvgIpc) is 2.89. The van der Waals surface area contributed by atoms with Gasteiger partial charge in [-0.3, -0.25) is 0 Å². The van der Waals surface area contributed by atoms with Crippen molar-refractivity contribution >= 4 is 21.4 Å². The molecule has 2 aromatic rings. The predicted molar refractivity (Wildman–Crippen MR) is 91.4 cm³/mol. The van der Waals surface area contributed by atoms with Crippen molar-refractivity contribution in [1.82, 2.24) is 10.0 Å². The standard InChI is InChI=1S/C16H22N2O2S2/c1-16(2,3)18-22(19,20)15-7-5-4-6-14(15)11-17-10-13-8-9-21-12-13/h4-9,12,17-18H,10-11H2,1-3H3. The Hall–Kier alpha value is -1.21. The zero-order chi connectivity index (χ0) is 16.2. The van der Waals surface area contributed by atoms with Gasteiger partial charge in [-0.05, 0) is 54.8 Å². The van der Waals surface area contributed by atoms with Crippen LogP contribution in [-0.2, 0) is 23.1 Å². The number of rotatable bonds is 6. The molecule has 1 aromatic heterocycles. The van der Waals surface area contributed by atoms with E-state index in [9.17, 15) is 8.42 Å². The maximum Gasteiger partial charge on any atom is 0.241 e. The third kappa shape index (κ3) is 4.91. The topological polar surface area (TPSA) is 58.2 Å². The van der Waals surface area contributed by atoms with Crippen LogP contribution in [0.25, 0.3) is 0 Å². The van der Waals surface area contributed by atoms with Gasteiger partial charge in [-0.25, -0.2) is 13.1 Å². The number of sulfonamides is 1. The molecule has 0 saturated carbocycles. The van der Waals surface area contributed by atoms with Crippen LogP contribution in [0.4, 0.5) is 0 Å². The quantitative estimate of drug-likeness (QED) is 0.851. The highest BCUT2D eigenvalue weighted by Crippen LogP contribution is 2.18. The Balaban J connectivity index is 2.12. The number of hydrogen-bond donors (Lipinski definition) is 2. The van der Waals surface area contributed by atoms with E-state index in [0.29, 0.717) is 11.4 Å². The summed E-state index contributed by atoms with van der Waals surface area (Å²) in [5, 5.41) is 7.40. The van der Waals surface area contributed by atoms with Gasteiger partial charge < -0.3 is 5.32 Å². The summed E-state index contributed by atoms with van der Waals surface area (Å²) in [4.78, 5) is 0.336. The van der Waals surface area contributed by atoms with E-state index in [0.717, 1.165) is 12.1 Å². The monoisotopic (exact) mass is 338 g/mol. The summed E-state index contributed by atoms with van der Waals surface area (Å²) in [7, 11) is -3.52. The fraction of sp³-hybridized carbons (Fsp3) is 0.375. The van der Waals surface area contributed by atoms with Gasteiger partial charge in [0.05, 0.1) is 4.90 Å². The molecule has 0 bridgehead atoms. The van der Waals surface area contributed by atoms with E-state index < -0.39 is 15.6 Å². The molecule has 0 amide bonds. The van der Waals surface area contributed by atoms with Gasteiger partial charge in [0.2, 0.25) is 10.0 Å². The van der Waals surface area contributed by atoms with E-state index in [2.05, 4.69) is 21.5 Å². The van der Waals surface area contributed by atoms with Crippen molar-refractivity contribution in [2.24, 2.45) is 0 Å². The van der Waals surface area contributed by atoms with Crippen LogP contribution in [0.2, 0.25) is 0 Å². The second-order valence-corrected chi connectivity index (χ2v) is 8.63. The highest BCUT2D eigenvalue weighted by Gasteiger charge is 2.23. The molecule has 1 aromatic carbocycles. The van der Waals surface area contributed by atoms with Crippen LogP contribution in [0.3, 0.4) is 0 Å². The largest absolute Gasteiger partial charge is 0.309 e. The summed E-state index contributed by atoms with van der Waals surface area (Å²) in [5.74, 6) is 0. The fourth-order valence-corrected chi connectivity index (χ4v) is 4.43. The molecular weight excluding hydrogens is 316 g/mol. The van der Waals surface area contributed by atoms with E-state index in [1.165, 1.54) is 5.56 Å². The summed E-state index contributed by atoms with van der Waals surface area (Å²) in [5.41, 5.74) is 1.48. The number of hydrogen-bond acceptors (Lipinski definition) is 4. The first kappa shape index (κ1) is 17.1. The van der Waals surface area contributed by atoms with E-state index in [4.69, 9.17) is 0 Å². The smallest absolute Gasteiger partial charge is 0.241 e. The Morgan fingerprint density at radius 3 is 2.45 bits per heavy atom. The minimum atomic E-state index is -3.52. The third-order valence-electron chi connectivity index (χ3n) is 2.93. The van der Waals surface area contributed by atoms with E-state index in [-0.39, 0.29) is 0 Å². The first-order chi connectivity index (χ1) is 10.3.